The SMILES string of the molecule is CCOC(=O)c1cc(OC)c(F)cc1F. The first kappa shape index (κ1) is 11.4. The number of carbonyl (C=O) groups excluding carboxylic acids is 1. The smallest absolute Gasteiger partial charge is 0.341 e. The second-order valence-electron chi connectivity index (χ2n) is 2.69. The summed E-state index contributed by atoms with van der Waals surface area (Å²) >= 11 is 0. The van der Waals surface area contributed by atoms with E-state index in [9.17, 15) is 13.6 Å². The number of hydrogen-bond acceptors (Lipinski definition) is 3. The Morgan fingerprint density at radius 2 is 2.00 bits per heavy atom. The Hall–Kier alpha value is -1.65. The first-order valence-electron chi connectivity index (χ1n) is 4.30. The predicted octanol–water partition coefficient (Wildman–Crippen LogP) is 2.15. The fourth-order valence-electron chi connectivity index (χ4n) is 1.05. The van der Waals surface area contributed by atoms with E-state index in [4.69, 9.17) is 0 Å². The van der Waals surface area contributed by atoms with Crippen molar-refractivity contribution in [1.82, 2.24) is 0 Å². The van der Waals surface area contributed by atoms with Crippen molar-refractivity contribution < 1.29 is 23.0 Å². The molecule has 5 heteroatoms. The Kier molecular flexibility index (Phi) is 3.60. The zero-order valence-corrected chi connectivity index (χ0v) is 8.34. The van der Waals surface area contributed by atoms with Crippen LogP contribution in [0.15, 0.2) is 12.1 Å². The van der Waals surface area contributed by atoms with Gasteiger partial charge in [0.1, 0.15) is 5.82 Å². The molecule has 0 atom stereocenters. The van der Waals surface area contributed by atoms with E-state index in [1.807, 2.05) is 0 Å². The molecule has 0 spiro atoms. The summed E-state index contributed by atoms with van der Waals surface area (Å²) in [5, 5.41) is 0. The van der Waals surface area contributed by atoms with Crippen LogP contribution < -0.4 is 4.74 Å². The lowest BCUT2D eigenvalue weighted by Gasteiger charge is -2.06. The monoisotopic (exact) mass is 216 g/mol. The van der Waals surface area contributed by atoms with Gasteiger partial charge in [0.15, 0.2) is 11.6 Å². The molecular weight excluding hydrogens is 206 g/mol. The maximum absolute atomic E-state index is 13.1. The van der Waals surface area contributed by atoms with Crippen LogP contribution in [0.2, 0.25) is 0 Å². The quantitative estimate of drug-likeness (QED) is 0.726. The highest BCUT2D eigenvalue weighted by Crippen LogP contribution is 2.21. The summed E-state index contributed by atoms with van der Waals surface area (Å²) < 4.78 is 35.3. The summed E-state index contributed by atoms with van der Waals surface area (Å²) in [7, 11) is 1.23. The van der Waals surface area contributed by atoms with Crippen LogP contribution >= 0.6 is 0 Å². The Balaban J connectivity index is 3.12. The number of methoxy groups -OCH3 is 1. The van der Waals surface area contributed by atoms with E-state index in [0.717, 1.165) is 6.07 Å². The minimum atomic E-state index is -0.966. The third-order valence-corrected chi connectivity index (χ3v) is 1.74. The molecule has 0 amide bonds. The fraction of sp³-hybridized carbons (Fsp3) is 0.300. The summed E-state index contributed by atoms with van der Waals surface area (Å²) in [6, 6.07) is 1.56. The van der Waals surface area contributed by atoms with Crippen LogP contribution in [-0.2, 0) is 4.74 Å². The summed E-state index contributed by atoms with van der Waals surface area (Å²) in [4.78, 5) is 11.2. The third kappa shape index (κ3) is 2.43. The highest BCUT2D eigenvalue weighted by molar-refractivity contribution is 5.90. The van der Waals surface area contributed by atoms with Gasteiger partial charge in [-0.05, 0) is 6.92 Å². The first-order valence-corrected chi connectivity index (χ1v) is 4.30. The van der Waals surface area contributed by atoms with Crippen LogP contribution in [0.5, 0.6) is 5.75 Å². The molecule has 0 saturated heterocycles. The van der Waals surface area contributed by atoms with Gasteiger partial charge in [-0.2, -0.15) is 0 Å². The summed E-state index contributed by atoms with van der Waals surface area (Å²) in [5.41, 5.74) is -0.338. The first-order chi connectivity index (χ1) is 7.10. The van der Waals surface area contributed by atoms with Gasteiger partial charge in [-0.3, -0.25) is 0 Å². The van der Waals surface area contributed by atoms with Crippen molar-refractivity contribution in [2.45, 2.75) is 6.92 Å². The van der Waals surface area contributed by atoms with E-state index >= 15 is 0 Å². The fourth-order valence-corrected chi connectivity index (χ4v) is 1.05. The number of esters is 1. The van der Waals surface area contributed by atoms with Crippen LogP contribution in [0.25, 0.3) is 0 Å². The van der Waals surface area contributed by atoms with E-state index in [-0.39, 0.29) is 17.9 Å². The Morgan fingerprint density at radius 3 is 2.53 bits per heavy atom. The number of carbonyl (C=O) groups is 1. The van der Waals surface area contributed by atoms with Gasteiger partial charge < -0.3 is 9.47 Å². The minimum absolute atomic E-state index is 0.123. The van der Waals surface area contributed by atoms with Crippen molar-refractivity contribution >= 4 is 5.97 Å². The van der Waals surface area contributed by atoms with Crippen molar-refractivity contribution in [2.24, 2.45) is 0 Å². The van der Waals surface area contributed by atoms with Crippen molar-refractivity contribution in [2.75, 3.05) is 13.7 Å². The molecule has 1 aromatic carbocycles. The van der Waals surface area contributed by atoms with Crippen molar-refractivity contribution in [1.29, 1.82) is 0 Å². The van der Waals surface area contributed by atoms with Gasteiger partial charge >= 0.3 is 5.97 Å². The summed E-state index contributed by atoms with van der Waals surface area (Å²) in [5.74, 6) is -2.86. The molecule has 0 fully saturated rings. The number of rotatable bonds is 3. The van der Waals surface area contributed by atoms with Gasteiger partial charge in [0.2, 0.25) is 0 Å². The highest BCUT2D eigenvalue weighted by Gasteiger charge is 2.17. The van der Waals surface area contributed by atoms with Gasteiger partial charge in [-0.15, -0.1) is 0 Å². The van der Waals surface area contributed by atoms with Crippen LogP contribution in [0.1, 0.15) is 17.3 Å². The van der Waals surface area contributed by atoms with E-state index in [1.165, 1.54) is 7.11 Å². The maximum atomic E-state index is 13.1. The van der Waals surface area contributed by atoms with Crippen LogP contribution in [0, 0.1) is 11.6 Å². The van der Waals surface area contributed by atoms with Crippen LogP contribution in [0.3, 0.4) is 0 Å². The highest BCUT2D eigenvalue weighted by atomic mass is 19.1. The molecular formula is C10H10F2O3. The van der Waals surface area contributed by atoms with Gasteiger partial charge in [0, 0.05) is 12.1 Å². The zero-order chi connectivity index (χ0) is 11.4. The molecule has 82 valence electrons. The molecule has 1 rings (SSSR count). The number of halogens is 2. The Morgan fingerprint density at radius 1 is 1.33 bits per heavy atom. The average molecular weight is 216 g/mol. The lowest BCUT2D eigenvalue weighted by atomic mass is 10.2. The molecule has 0 aliphatic carbocycles. The third-order valence-electron chi connectivity index (χ3n) is 1.74. The van der Waals surface area contributed by atoms with E-state index in [0.29, 0.717) is 6.07 Å². The molecule has 1 aromatic rings. The maximum Gasteiger partial charge on any atom is 0.341 e. The zero-order valence-electron chi connectivity index (χ0n) is 8.34. The lowest BCUT2D eigenvalue weighted by Crippen LogP contribution is -2.08. The minimum Gasteiger partial charge on any atom is -0.494 e. The van der Waals surface area contributed by atoms with Crippen molar-refractivity contribution in [3.05, 3.63) is 29.3 Å². The van der Waals surface area contributed by atoms with Crippen molar-refractivity contribution in [3.63, 3.8) is 0 Å². The van der Waals surface area contributed by atoms with Gasteiger partial charge in [0.25, 0.3) is 0 Å². The molecule has 0 saturated carbocycles. The second-order valence-corrected chi connectivity index (χ2v) is 2.69. The number of hydrogen-bond donors (Lipinski definition) is 0. The Bertz CT molecular complexity index is 377. The van der Waals surface area contributed by atoms with Crippen LogP contribution in [0.4, 0.5) is 8.78 Å². The predicted molar refractivity (Wildman–Crippen MR) is 48.9 cm³/mol. The summed E-state index contributed by atoms with van der Waals surface area (Å²) in [6.07, 6.45) is 0. The van der Waals surface area contributed by atoms with E-state index < -0.39 is 17.6 Å². The number of ether oxygens (including phenoxy) is 2. The second kappa shape index (κ2) is 4.72. The molecule has 0 aliphatic heterocycles. The van der Waals surface area contributed by atoms with Gasteiger partial charge in [-0.25, -0.2) is 13.6 Å². The van der Waals surface area contributed by atoms with E-state index in [2.05, 4.69) is 9.47 Å². The lowest BCUT2D eigenvalue weighted by molar-refractivity contribution is 0.0520. The topological polar surface area (TPSA) is 35.5 Å². The van der Waals surface area contributed by atoms with Crippen LogP contribution in [-0.4, -0.2) is 19.7 Å². The van der Waals surface area contributed by atoms with Gasteiger partial charge in [0.05, 0.1) is 19.3 Å². The standard InChI is InChI=1S/C10H10F2O3/c1-3-15-10(13)6-4-9(14-2)8(12)5-7(6)11/h4-5H,3H2,1-2H3. The largest absolute Gasteiger partial charge is 0.494 e. The molecule has 0 unspecified atom stereocenters. The molecule has 0 N–H and O–H groups in total. The molecule has 3 nitrogen and oxygen atoms in total. The molecule has 0 heterocycles. The Labute approximate surface area is 85.6 Å². The van der Waals surface area contributed by atoms with Crippen molar-refractivity contribution in [3.8, 4) is 5.75 Å². The molecule has 0 aliphatic rings. The molecule has 0 radical (unpaired) electrons. The summed E-state index contributed by atoms with van der Waals surface area (Å²) in [6.45, 7) is 1.72. The normalized spacial score (nSPS) is 9.87. The average Bonchev–Trinajstić information content (AvgIpc) is 2.18. The van der Waals surface area contributed by atoms with Gasteiger partial charge in [-0.1, -0.05) is 0 Å². The number of benzene rings is 1. The molecule has 0 bridgehead atoms. The molecule has 15 heavy (non-hydrogen) atoms. The van der Waals surface area contributed by atoms with E-state index in [1.54, 1.807) is 6.92 Å². The molecule has 0 aromatic heterocycles.